The van der Waals surface area contributed by atoms with Gasteiger partial charge in [0.25, 0.3) is 0 Å². The van der Waals surface area contributed by atoms with Crippen LogP contribution in [-0.4, -0.2) is 38.1 Å². The van der Waals surface area contributed by atoms with E-state index >= 15 is 0 Å². The van der Waals surface area contributed by atoms with Gasteiger partial charge in [-0.1, -0.05) is 6.07 Å². The van der Waals surface area contributed by atoms with Gasteiger partial charge in [0.1, 0.15) is 0 Å². The zero-order chi connectivity index (χ0) is 16.4. The number of nitrogens with two attached hydrogens (primary N) is 1. The number of hydrogen-bond acceptors (Lipinski definition) is 5. The first-order chi connectivity index (χ1) is 11.2. The van der Waals surface area contributed by atoms with Crippen molar-refractivity contribution in [2.75, 3.05) is 27.3 Å². The van der Waals surface area contributed by atoms with Crippen LogP contribution in [0.3, 0.4) is 0 Å². The van der Waals surface area contributed by atoms with Gasteiger partial charge in [-0.2, -0.15) is 0 Å². The van der Waals surface area contributed by atoms with Gasteiger partial charge in [0.05, 0.1) is 26.8 Å². The van der Waals surface area contributed by atoms with Crippen LogP contribution in [0.25, 0.3) is 0 Å². The summed E-state index contributed by atoms with van der Waals surface area (Å²) in [6, 6.07) is 7.93. The van der Waals surface area contributed by atoms with Gasteiger partial charge in [-0.05, 0) is 41.1 Å². The lowest BCUT2D eigenvalue weighted by molar-refractivity contribution is -0.131. The molecule has 5 nitrogen and oxygen atoms in total. The van der Waals surface area contributed by atoms with Crippen LogP contribution in [0.15, 0.2) is 29.6 Å². The Labute approximate surface area is 151 Å². The average Bonchev–Trinajstić information content (AvgIpc) is 3.12. The summed E-state index contributed by atoms with van der Waals surface area (Å²) in [7, 11) is 3.25. The Morgan fingerprint density at radius 3 is 2.62 bits per heavy atom. The van der Waals surface area contributed by atoms with Crippen molar-refractivity contribution in [2.45, 2.75) is 12.5 Å². The van der Waals surface area contributed by atoms with Crippen molar-refractivity contribution >= 4 is 29.7 Å². The maximum Gasteiger partial charge on any atom is 0.237 e. The van der Waals surface area contributed by atoms with E-state index < -0.39 is 0 Å². The number of nitrogens with zero attached hydrogens (tertiary/aromatic N) is 1. The smallest absolute Gasteiger partial charge is 0.237 e. The SMILES string of the molecule is COc1cc2c(cc1OC)C(c1cccs1)N(C(=O)CN)CC2.Cl. The monoisotopic (exact) mass is 368 g/mol. The number of amides is 1. The van der Waals surface area contributed by atoms with Crippen molar-refractivity contribution in [3.63, 3.8) is 0 Å². The zero-order valence-electron chi connectivity index (χ0n) is 13.7. The van der Waals surface area contributed by atoms with E-state index in [9.17, 15) is 4.79 Å². The highest BCUT2D eigenvalue weighted by Gasteiger charge is 2.33. The Morgan fingerprint density at radius 2 is 2.04 bits per heavy atom. The summed E-state index contributed by atoms with van der Waals surface area (Å²) in [5, 5.41) is 2.02. The minimum absolute atomic E-state index is 0. The summed E-state index contributed by atoms with van der Waals surface area (Å²) in [6.45, 7) is 0.672. The minimum Gasteiger partial charge on any atom is -0.493 e. The fourth-order valence-electron chi connectivity index (χ4n) is 3.09. The van der Waals surface area contributed by atoms with Crippen molar-refractivity contribution in [3.8, 4) is 11.5 Å². The molecule has 1 unspecified atom stereocenters. The third-order valence-corrected chi connectivity index (χ3v) is 5.11. The minimum atomic E-state index is -0.116. The molecule has 7 heteroatoms. The molecule has 2 aromatic rings. The Bertz CT molecular complexity index is 706. The summed E-state index contributed by atoms with van der Waals surface area (Å²) in [5.74, 6) is 1.36. The molecule has 2 N–H and O–H groups in total. The molecule has 3 rings (SSSR count). The Morgan fingerprint density at radius 1 is 1.33 bits per heavy atom. The molecule has 1 aromatic carbocycles. The first-order valence-corrected chi connectivity index (χ1v) is 8.35. The van der Waals surface area contributed by atoms with Crippen LogP contribution in [0.5, 0.6) is 11.5 Å². The van der Waals surface area contributed by atoms with Crippen molar-refractivity contribution < 1.29 is 14.3 Å². The second kappa shape index (κ2) is 7.88. The van der Waals surface area contributed by atoms with E-state index in [-0.39, 0.29) is 30.9 Å². The quantitative estimate of drug-likeness (QED) is 0.901. The highest BCUT2D eigenvalue weighted by molar-refractivity contribution is 7.10. The Balaban J connectivity index is 0.00000208. The summed E-state index contributed by atoms with van der Waals surface area (Å²) < 4.78 is 10.8. The van der Waals surface area contributed by atoms with Crippen LogP contribution in [0.2, 0.25) is 0 Å². The molecule has 0 radical (unpaired) electrons. The van der Waals surface area contributed by atoms with Crippen LogP contribution in [-0.2, 0) is 11.2 Å². The molecular weight excluding hydrogens is 348 g/mol. The maximum absolute atomic E-state index is 12.3. The molecule has 0 spiro atoms. The van der Waals surface area contributed by atoms with Crippen molar-refractivity contribution in [1.82, 2.24) is 4.90 Å². The largest absolute Gasteiger partial charge is 0.493 e. The van der Waals surface area contributed by atoms with Crippen LogP contribution in [0.1, 0.15) is 22.0 Å². The van der Waals surface area contributed by atoms with Gasteiger partial charge in [0, 0.05) is 11.4 Å². The van der Waals surface area contributed by atoms with Crippen molar-refractivity contribution in [2.24, 2.45) is 5.73 Å². The van der Waals surface area contributed by atoms with E-state index in [1.165, 1.54) is 5.56 Å². The van der Waals surface area contributed by atoms with Gasteiger partial charge in [0.2, 0.25) is 5.91 Å². The molecule has 1 aromatic heterocycles. The van der Waals surface area contributed by atoms with Gasteiger partial charge in [-0.25, -0.2) is 0 Å². The number of fused-ring (bicyclic) bond motifs is 1. The first-order valence-electron chi connectivity index (χ1n) is 7.47. The van der Waals surface area contributed by atoms with E-state index in [4.69, 9.17) is 15.2 Å². The predicted octanol–water partition coefficient (Wildman–Crippen LogP) is 2.62. The molecule has 130 valence electrons. The molecular formula is C17H21ClN2O3S. The second-order valence-corrected chi connectivity index (χ2v) is 6.34. The molecule has 2 heterocycles. The molecule has 0 aliphatic carbocycles. The second-order valence-electron chi connectivity index (χ2n) is 5.37. The number of rotatable bonds is 4. The molecule has 1 aliphatic heterocycles. The molecule has 24 heavy (non-hydrogen) atoms. The van der Waals surface area contributed by atoms with Gasteiger partial charge in [0.15, 0.2) is 11.5 Å². The van der Waals surface area contributed by atoms with Crippen LogP contribution >= 0.6 is 23.7 Å². The van der Waals surface area contributed by atoms with Crippen molar-refractivity contribution in [1.29, 1.82) is 0 Å². The summed E-state index contributed by atoms with van der Waals surface area (Å²) in [6.07, 6.45) is 0.781. The lowest BCUT2D eigenvalue weighted by Crippen LogP contribution is -2.43. The molecule has 1 aliphatic rings. The summed E-state index contributed by atoms with van der Waals surface area (Å²) >= 11 is 1.64. The van der Waals surface area contributed by atoms with Gasteiger partial charge in [-0.15, -0.1) is 23.7 Å². The zero-order valence-corrected chi connectivity index (χ0v) is 15.3. The number of ether oxygens (including phenoxy) is 2. The number of methoxy groups -OCH3 is 2. The topological polar surface area (TPSA) is 64.8 Å². The van der Waals surface area contributed by atoms with Gasteiger partial charge in [-0.3, -0.25) is 4.79 Å². The normalized spacial score (nSPS) is 16.1. The van der Waals surface area contributed by atoms with Crippen molar-refractivity contribution in [3.05, 3.63) is 45.6 Å². The number of hydrogen-bond donors (Lipinski definition) is 1. The molecule has 0 saturated carbocycles. The molecule has 1 amide bonds. The third kappa shape index (κ3) is 3.22. The molecule has 0 bridgehead atoms. The Kier molecular flexibility index (Phi) is 6.10. The first kappa shape index (κ1) is 18.6. The van der Waals surface area contributed by atoms with Gasteiger partial charge < -0.3 is 20.1 Å². The van der Waals surface area contributed by atoms with Crippen LogP contribution < -0.4 is 15.2 Å². The fraction of sp³-hybridized carbons (Fsp3) is 0.353. The van der Waals surface area contributed by atoms with Gasteiger partial charge >= 0.3 is 0 Å². The fourth-order valence-corrected chi connectivity index (χ4v) is 3.94. The number of carbonyl (C=O) groups is 1. The average molecular weight is 369 g/mol. The number of benzene rings is 1. The van der Waals surface area contributed by atoms with Crippen LogP contribution in [0.4, 0.5) is 0 Å². The summed E-state index contributed by atoms with van der Waals surface area (Å²) in [4.78, 5) is 15.3. The van der Waals surface area contributed by atoms with E-state index in [2.05, 4.69) is 6.07 Å². The van der Waals surface area contributed by atoms with E-state index in [0.717, 1.165) is 22.6 Å². The van der Waals surface area contributed by atoms with E-state index in [1.54, 1.807) is 25.6 Å². The standard InChI is InChI=1S/C17H20N2O3S.ClH/c1-21-13-8-11-5-6-19(16(20)10-18)17(15-4-3-7-23-15)12(11)9-14(13)22-2;/h3-4,7-9,17H,5-6,10,18H2,1-2H3;1H. The predicted molar refractivity (Wildman–Crippen MR) is 97.4 cm³/mol. The number of thiophene rings is 1. The highest BCUT2D eigenvalue weighted by Crippen LogP contribution is 2.42. The lowest BCUT2D eigenvalue weighted by atomic mass is 9.90. The Hall–Kier alpha value is -1.76. The third-order valence-electron chi connectivity index (χ3n) is 4.18. The maximum atomic E-state index is 12.3. The summed E-state index contributed by atoms with van der Waals surface area (Å²) in [5.41, 5.74) is 7.87. The highest BCUT2D eigenvalue weighted by atomic mass is 35.5. The van der Waals surface area contributed by atoms with E-state index in [1.807, 2.05) is 28.5 Å². The molecule has 1 atom stereocenters. The molecule has 0 fully saturated rings. The van der Waals surface area contributed by atoms with Crippen LogP contribution in [0, 0.1) is 0 Å². The lowest BCUT2D eigenvalue weighted by Gasteiger charge is -2.37. The molecule has 0 saturated heterocycles. The number of carbonyl (C=O) groups excluding carboxylic acids is 1. The number of halogens is 1. The van der Waals surface area contributed by atoms with E-state index in [0.29, 0.717) is 12.3 Å².